The van der Waals surface area contributed by atoms with Crippen molar-refractivity contribution in [2.75, 3.05) is 0 Å². The van der Waals surface area contributed by atoms with Gasteiger partial charge >= 0.3 is 5.97 Å². The van der Waals surface area contributed by atoms with Crippen LogP contribution < -0.4 is 4.57 Å². The molecule has 11 heavy (non-hydrogen) atoms. The zero-order valence-electron chi connectivity index (χ0n) is 5.98. The number of carboxylic acids is 1. The molecule has 58 valence electrons. The van der Waals surface area contributed by atoms with E-state index in [1.165, 1.54) is 6.07 Å². The van der Waals surface area contributed by atoms with Gasteiger partial charge in [0.25, 0.3) is 5.03 Å². The molecule has 0 atom stereocenters. The summed E-state index contributed by atoms with van der Waals surface area (Å²) in [6.45, 7) is 0. The van der Waals surface area contributed by atoms with Crippen molar-refractivity contribution in [2.45, 2.75) is 5.03 Å². The summed E-state index contributed by atoms with van der Waals surface area (Å²) in [6, 6.07) is 3.19. The Hall–Kier alpha value is -1.03. The predicted octanol–water partition coefficient (Wildman–Crippen LogP) is 0.498. The Labute approximate surface area is 69.7 Å². The molecule has 0 spiro atoms. The molecule has 0 aliphatic heterocycles. The summed E-state index contributed by atoms with van der Waals surface area (Å²) in [4.78, 5) is 10.5. The summed E-state index contributed by atoms with van der Waals surface area (Å²) in [5, 5.41) is 9.09. The Balaban J connectivity index is 3.27. The first-order valence-corrected chi connectivity index (χ1v) is 3.48. The normalized spacial score (nSPS) is 9.64. The van der Waals surface area contributed by atoms with Crippen LogP contribution in [0.25, 0.3) is 0 Å². The SMILES string of the molecule is C[n+]1cccc(C(=O)O)c1S. The van der Waals surface area contributed by atoms with Crippen molar-refractivity contribution in [3.05, 3.63) is 23.9 Å². The first-order valence-electron chi connectivity index (χ1n) is 3.04. The summed E-state index contributed by atoms with van der Waals surface area (Å²) >= 11 is 4.03. The van der Waals surface area contributed by atoms with Crippen molar-refractivity contribution in [3.8, 4) is 0 Å². The second kappa shape index (κ2) is 2.92. The second-order valence-electron chi connectivity index (χ2n) is 2.16. The molecule has 4 heteroatoms. The third kappa shape index (κ3) is 1.51. The van der Waals surface area contributed by atoms with Crippen molar-refractivity contribution in [1.29, 1.82) is 0 Å². The minimum Gasteiger partial charge on any atom is -0.477 e. The molecular formula is C7H8NO2S+. The molecule has 0 bridgehead atoms. The van der Waals surface area contributed by atoms with Crippen LogP contribution in [0.4, 0.5) is 0 Å². The van der Waals surface area contributed by atoms with Gasteiger partial charge in [-0.1, -0.05) is 12.6 Å². The average molecular weight is 170 g/mol. The molecule has 1 aromatic rings. The Morgan fingerprint density at radius 1 is 1.73 bits per heavy atom. The molecule has 0 aliphatic rings. The van der Waals surface area contributed by atoms with Crippen molar-refractivity contribution in [2.24, 2.45) is 7.05 Å². The number of pyridine rings is 1. The monoisotopic (exact) mass is 170 g/mol. The molecule has 0 amide bonds. The van der Waals surface area contributed by atoms with Crippen LogP contribution in [0.2, 0.25) is 0 Å². The highest BCUT2D eigenvalue weighted by atomic mass is 32.1. The first kappa shape index (κ1) is 8.07. The number of aryl methyl sites for hydroxylation is 1. The highest BCUT2D eigenvalue weighted by Gasteiger charge is 2.13. The fourth-order valence-electron chi connectivity index (χ4n) is 0.770. The molecular weight excluding hydrogens is 162 g/mol. The van der Waals surface area contributed by atoms with E-state index < -0.39 is 5.97 Å². The van der Waals surface area contributed by atoms with Gasteiger partial charge < -0.3 is 5.11 Å². The lowest BCUT2D eigenvalue weighted by atomic mass is 10.3. The molecule has 0 saturated carbocycles. The maximum atomic E-state index is 10.5. The largest absolute Gasteiger partial charge is 0.477 e. The summed E-state index contributed by atoms with van der Waals surface area (Å²) in [5.74, 6) is -0.953. The van der Waals surface area contributed by atoms with Crippen molar-refractivity contribution < 1.29 is 14.5 Å². The van der Waals surface area contributed by atoms with E-state index in [9.17, 15) is 4.79 Å². The molecule has 1 heterocycles. The molecule has 1 rings (SSSR count). The predicted molar refractivity (Wildman–Crippen MR) is 41.8 cm³/mol. The first-order chi connectivity index (χ1) is 5.13. The van der Waals surface area contributed by atoms with E-state index in [0.717, 1.165) is 0 Å². The maximum absolute atomic E-state index is 10.5. The van der Waals surface area contributed by atoms with E-state index in [2.05, 4.69) is 12.6 Å². The fraction of sp³-hybridized carbons (Fsp3) is 0.143. The van der Waals surface area contributed by atoms with Crippen molar-refractivity contribution in [1.82, 2.24) is 0 Å². The average Bonchev–Trinajstić information content (AvgIpc) is 1.94. The van der Waals surface area contributed by atoms with Crippen LogP contribution in [-0.4, -0.2) is 11.1 Å². The standard InChI is InChI=1S/C7H7NO2S/c1-8-4-2-3-5(6(8)11)7(9)10/h2-4H,1H3,(H,9,10)/p+1. The molecule has 1 N–H and O–H groups in total. The molecule has 0 aliphatic carbocycles. The van der Waals surface area contributed by atoms with Gasteiger partial charge in [0.2, 0.25) is 0 Å². The van der Waals surface area contributed by atoms with Crippen LogP contribution >= 0.6 is 12.6 Å². The van der Waals surface area contributed by atoms with E-state index in [4.69, 9.17) is 5.11 Å². The van der Waals surface area contributed by atoms with Crippen molar-refractivity contribution >= 4 is 18.6 Å². The van der Waals surface area contributed by atoms with E-state index in [0.29, 0.717) is 5.03 Å². The number of hydrogen-bond acceptors (Lipinski definition) is 2. The highest BCUT2D eigenvalue weighted by molar-refractivity contribution is 7.80. The third-order valence-electron chi connectivity index (χ3n) is 1.38. The number of carbonyl (C=O) groups is 1. The Bertz CT molecular complexity index is 298. The number of nitrogens with zero attached hydrogens (tertiary/aromatic N) is 1. The van der Waals surface area contributed by atoms with Crippen LogP contribution in [-0.2, 0) is 7.05 Å². The maximum Gasteiger partial charge on any atom is 0.343 e. The minimum absolute atomic E-state index is 0.221. The van der Waals surface area contributed by atoms with E-state index in [1.54, 1.807) is 23.9 Å². The smallest absolute Gasteiger partial charge is 0.343 e. The van der Waals surface area contributed by atoms with Gasteiger partial charge in [-0.05, 0) is 6.07 Å². The van der Waals surface area contributed by atoms with Crippen LogP contribution in [0.3, 0.4) is 0 Å². The van der Waals surface area contributed by atoms with Gasteiger partial charge in [-0.25, -0.2) is 4.79 Å². The molecule has 0 fully saturated rings. The van der Waals surface area contributed by atoms with Gasteiger partial charge in [0.05, 0.1) is 0 Å². The summed E-state index contributed by atoms with van der Waals surface area (Å²) in [6.07, 6.45) is 1.74. The van der Waals surface area contributed by atoms with Crippen LogP contribution in [0, 0.1) is 0 Å². The molecule has 0 radical (unpaired) electrons. The van der Waals surface area contributed by atoms with Gasteiger partial charge in [-0.15, -0.1) is 0 Å². The van der Waals surface area contributed by atoms with E-state index in [-0.39, 0.29) is 5.56 Å². The summed E-state index contributed by atoms with van der Waals surface area (Å²) in [5.41, 5.74) is 0.221. The zero-order valence-corrected chi connectivity index (χ0v) is 6.88. The number of aromatic nitrogens is 1. The Morgan fingerprint density at radius 3 is 2.82 bits per heavy atom. The van der Waals surface area contributed by atoms with Gasteiger partial charge in [-0.2, -0.15) is 4.57 Å². The van der Waals surface area contributed by atoms with E-state index in [1.807, 2.05) is 0 Å². The van der Waals surface area contributed by atoms with Gasteiger partial charge in [0.1, 0.15) is 12.6 Å². The van der Waals surface area contributed by atoms with Crippen molar-refractivity contribution in [3.63, 3.8) is 0 Å². The summed E-state index contributed by atoms with van der Waals surface area (Å²) < 4.78 is 1.65. The lowest BCUT2D eigenvalue weighted by molar-refractivity contribution is -0.708. The lowest BCUT2D eigenvalue weighted by Crippen LogP contribution is -2.31. The van der Waals surface area contributed by atoms with Crippen LogP contribution in [0.1, 0.15) is 10.4 Å². The Kier molecular flexibility index (Phi) is 2.14. The van der Waals surface area contributed by atoms with Crippen LogP contribution in [0.5, 0.6) is 0 Å². The third-order valence-corrected chi connectivity index (χ3v) is 1.93. The fourth-order valence-corrected chi connectivity index (χ4v) is 1.01. The van der Waals surface area contributed by atoms with Gasteiger partial charge in [0.15, 0.2) is 6.20 Å². The number of aromatic carboxylic acids is 1. The second-order valence-corrected chi connectivity index (χ2v) is 2.59. The number of rotatable bonds is 1. The van der Waals surface area contributed by atoms with E-state index >= 15 is 0 Å². The zero-order chi connectivity index (χ0) is 8.43. The number of thiol groups is 1. The minimum atomic E-state index is -0.953. The van der Waals surface area contributed by atoms with Gasteiger partial charge in [-0.3, -0.25) is 0 Å². The Morgan fingerprint density at radius 2 is 2.36 bits per heavy atom. The molecule has 1 aromatic heterocycles. The summed E-state index contributed by atoms with van der Waals surface area (Å²) in [7, 11) is 1.74. The van der Waals surface area contributed by atoms with Crippen LogP contribution in [0.15, 0.2) is 23.4 Å². The van der Waals surface area contributed by atoms with Gasteiger partial charge in [0, 0.05) is 6.07 Å². The lowest BCUT2D eigenvalue weighted by Gasteiger charge is -1.95. The number of carboxylic acid groups (broad SMARTS) is 1. The quantitative estimate of drug-likeness (QED) is 0.476. The topological polar surface area (TPSA) is 41.2 Å². The molecule has 3 nitrogen and oxygen atoms in total. The molecule has 0 aromatic carbocycles. The number of hydrogen-bond donors (Lipinski definition) is 2. The molecule has 0 saturated heterocycles. The highest BCUT2D eigenvalue weighted by Crippen LogP contribution is 2.06. The molecule has 0 unspecified atom stereocenters.